The van der Waals surface area contributed by atoms with E-state index in [0.29, 0.717) is 18.7 Å². The highest BCUT2D eigenvalue weighted by Gasteiger charge is 2.29. The standard InChI is InChI=1S/C13H13FN4O/c1-9-12-16-15-8-17(12)6-7-18(9)13(19)10-2-4-11(14)5-3-10/h2-5,8-9H,6-7H2,1H3/t9-/m1/s1. The predicted molar refractivity (Wildman–Crippen MR) is 65.9 cm³/mol. The minimum Gasteiger partial charge on any atom is -0.327 e. The summed E-state index contributed by atoms with van der Waals surface area (Å²) >= 11 is 0. The van der Waals surface area contributed by atoms with Crippen LogP contribution in [-0.4, -0.2) is 32.1 Å². The van der Waals surface area contributed by atoms with Crippen molar-refractivity contribution in [2.45, 2.75) is 19.5 Å². The first-order valence-corrected chi connectivity index (χ1v) is 6.11. The Balaban J connectivity index is 1.87. The van der Waals surface area contributed by atoms with Gasteiger partial charge in [-0.05, 0) is 31.2 Å². The SMILES string of the molecule is C[C@@H]1c2nncn2CCN1C(=O)c1ccc(F)cc1. The van der Waals surface area contributed by atoms with Crippen molar-refractivity contribution >= 4 is 5.91 Å². The number of amides is 1. The topological polar surface area (TPSA) is 51.0 Å². The molecule has 98 valence electrons. The first kappa shape index (κ1) is 11.8. The molecule has 1 amide bonds. The van der Waals surface area contributed by atoms with Gasteiger partial charge in [-0.2, -0.15) is 0 Å². The highest BCUT2D eigenvalue weighted by atomic mass is 19.1. The number of rotatable bonds is 1. The molecule has 5 nitrogen and oxygen atoms in total. The Morgan fingerprint density at radius 3 is 2.79 bits per heavy atom. The second kappa shape index (κ2) is 4.46. The number of benzene rings is 1. The number of aromatic nitrogens is 3. The number of hydrogen-bond acceptors (Lipinski definition) is 3. The molecule has 1 atom stereocenters. The van der Waals surface area contributed by atoms with E-state index in [1.165, 1.54) is 24.3 Å². The maximum absolute atomic E-state index is 12.9. The van der Waals surface area contributed by atoms with Crippen LogP contribution in [0.25, 0.3) is 0 Å². The lowest BCUT2D eigenvalue weighted by Gasteiger charge is -2.33. The quantitative estimate of drug-likeness (QED) is 0.783. The van der Waals surface area contributed by atoms with E-state index in [0.717, 1.165) is 5.82 Å². The Morgan fingerprint density at radius 2 is 2.05 bits per heavy atom. The van der Waals surface area contributed by atoms with Crippen molar-refractivity contribution in [3.63, 3.8) is 0 Å². The van der Waals surface area contributed by atoms with Gasteiger partial charge in [-0.25, -0.2) is 4.39 Å². The average molecular weight is 260 g/mol. The predicted octanol–water partition coefficient (Wildman–Crippen LogP) is 1.63. The van der Waals surface area contributed by atoms with Crippen molar-refractivity contribution in [2.24, 2.45) is 0 Å². The summed E-state index contributed by atoms with van der Waals surface area (Å²) in [6, 6.07) is 5.47. The van der Waals surface area contributed by atoms with Crippen LogP contribution < -0.4 is 0 Å². The smallest absolute Gasteiger partial charge is 0.254 e. The summed E-state index contributed by atoms with van der Waals surface area (Å²) < 4.78 is 14.8. The van der Waals surface area contributed by atoms with Gasteiger partial charge in [-0.1, -0.05) is 0 Å². The molecule has 1 aliphatic heterocycles. The molecule has 1 aliphatic rings. The number of carbonyl (C=O) groups is 1. The van der Waals surface area contributed by atoms with E-state index in [4.69, 9.17) is 0 Å². The zero-order valence-corrected chi connectivity index (χ0v) is 10.5. The molecule has 2 heterocycles. The van der Waals surface area contributed by atoms with E-state index >= 15 is 0 Å². The summed E-state index contributed by atoms with van der Waals surface area (Å²) in [4.78, 5) is 14.1. The van der Waals surface area contributed by atoms with Gasteiger partial charge in [0.25, 0.3) is 5.91 Å². The molecular weight excluding hydrogens is 247 g/mol. The molecule has 3 rings (SSSR count). The van der Waals surface area contributed by atoms with Crippen LogP contribution in [-0.2, 0) is 6.54 Å². The monoisotopic (exact) mass is 260 g/mol. The fraction of sp³-hybridized carbons (Fsp3) is 0.308. The molecular formula is C13H13FN4O. The van der Waals surface area contributed by atoms with Gasteiger partial charge in [0.15, 0.2) is 5.82 Å². The van der Waals surface area contributed by atoms with Gasteiger partial charge in [0.1, 0.15) is 12.1 Å². The summed E-state index contributed by atoms with van der Waals surface area (Å²) in [6.45, 7) is 3.20. The third kappa shape index (κ3) is 1.99. The highest BCUT2D eigenvalue weighted by molar-refractivity contribution is 5.94. The molecule has 19 heavy (non-hydrogen) atoms. The van der Waals surface area contributed by atoms with Gasteiger partial charge in [0, 0.05) is 18.7 Å². The van der Waals surface area contributed by atoms with Gasteiger partial charge in [-0.3, -0.25) is 4.79 Å². The molecule has 0 bridgehead atoms. The molecule has 0 fully saturated rings. The summed E-state index contributed by atoms with van der Waals surface area (Å²) in [5.41, 5.74) is 0.487. The van der Waals surface area contributed by atoms with Gasteiger partial charge in [0.05, 0.1) is 6.04 Å². The van der Waals surface area contributed by atoms with Gasteiger partial charge in [0.2, 0.25) is 0 Å². The summed E-state index contributed by atoms with van der Waals surface area (Å²) in [5, 5.41) is 7.90. The lowest BCUT2D eigenvalue weighted by atomic mass is 10.1. The molecule has 0 N–H and O–H groups in total. The molecule has 0 saturated carbocycles. The molecule has 0 radical (unpaired) electrons. The van der Waals surface area contributed by atoms with E-state index in [1.807, 2.05) is 11.5 Å². The number of carbonyl (C=O) groups excluding carboxylic acids is 1. The Hall–Kier alpha value is -2.24. The van der Waals surface area contributed by atoms with Crippen LogP contribution in [0, 0.1) is 5.82 Å². The Bertz CT molecular complexity index is 607. The van der Waals surface area contributed by atoms with Crippen molar-refractivity contribution in [3.05, 3.63) is 47.8 Å². The number of nitrogens with zero attached hydrogens (tertiary/aromatic N) is 4. The Morgan fingerprint density at radius 1 is 1.32 bits per heavy atom. The van der Waals surface area contributed by atoms with Crippen LogP contribution in [0.5, 0.6) is 0 Å². The van der Waals surface area contributed by atoms with Gasteiger partial charge < -0.3 is 9.47 Å². The van der Waals surface area contributed by atoms with E-state index in [9.17, 15) is 9.18 Å². The van der Waals surface area contributed by atoms with Gasteiger partial charge in [-0.15, -0.1) is 10.2 Å². The summed E-state index contributed by atoms with van der Waals surface area (Å²) in [5.74, 6) is 0.325. The van der Waals surface area contributed by atoms with Crippen molar-refractivity contribution in [2.75, 3.05) is 6.54 Å². The van der Waals surface area contributed by atoms with E-state index in [1.54, 1.807) is 11.2 Å². The second-order valence-electron chi connectivity index (χ2n) is 4.56. The largest absolute Gasteiger partial charge is 0.327 e. The van der Waals surface area contributed by atoms with E-state index in [-0.39, 0.29) is 17.8 Å². The third-order valence-electron chi connectivity index (χ3n) is 3.42. The number of fused-ring (bicyclic) bond motifs is 1. The molecule has 0 saturated heterocycles. The summed E-state index contributed by atoms with van der Waals surface area (Å²) in [7, 11) is 0. The molecule has 0 aliphatic carbocycles. The van der Waals surface area contributed by atoms with Crippen LogP contribution in [0.3, 0.4) is 0 Å². The van der Waals surface area contributed by atoms with Crippen LogP contribution in [0.2, 0.25) is 0 Å². The third-order valence-corrected chi connectivity index (χ3v) is 3.42. The molecule has 0 spiro atoms. The molecule has 6 heteroatoms. The number of hydrogen-bond donors (Lipinski definition) is 0. The van der Waals surface area contributed by atoms with Crippen LogP contribution in [0.15, 0.2) is 30.6 Å². The minimum atomic E-state index is -0.344. The number of halogens is 1. The maximum Gasteiger partial charge on any atom is 0.254 e. The molecule has 1 aromatic heterocycles. The second-order valence-corrected chi connectivity index (χ2v) is 4.56. The van der Waals surface area contributed by atoms with Gasteiger partial charge >= 0.3 is 0 Å². The first-order chi connectivity index (χ1) is 9.16. The van der Waals surface area contributed by atoms with E-state index in [2.05, 4.69) is 10.2 Å². The van der Waals surface area contributed by atoms with Crippen molar-refractivity contribution in [1.29, 1.82) is 0 Å². The zero-order valence-electron chi connectivity index (χ0n) is 10.5. The van der Waals surface area contributed by atoms with Crippen molar-refractivity contribution in [1.82, 2.24) is 19.7 Å². The normalized spacial score (nSPS) is 18.2. The minimum absolute atomic E-state index is 0.109. The Kier molecular flexibility index (Phi) is 2.77. The lowest BCUT2D eigenvalue weighted by Crippen LogP contribution is -2.41. The first-order valence-electron chi connectivity index (χ1n) is 6.11. The van der Waals surface area contributed by atoms with Crippen LogP contribution in [0.1, 0.15) is 29.1 Å². The zero-order chi connectivity index (χ0) is 13.4. The average Bonchev–Trinajstić information content (AvgIpc) is 2.88. The summed E-state index contributed by atoms with van der Waals surface area (Å²) in [6.07, 6.45) is 1.67. The molecule has 0 unspecified atom stereocenters. The van der Waals surface area contributed by atoms with E-state index < -0.39 is 0 Å². The van der Waals surface area contributed by atoms with Crippen molar-refractivity contribution < 1.29 is 9.18 Å². The maximum atomic E-state index is 12.9. The molecule has 2 aromatic rings. The Labute approximate surface area is 109 Å². The highest BCUT2D eigenvalue weighted by Crippen LogP contribution is 2.24. The van der Waals surface area contributed by atoms with Crippen LogP contribution >= 0.6 is 0 Å². The fourth-order valence-electron chi connectivity index (χ4n) is 2.34. The van der Waals surface area contributed by atoms with Crippen LogP contribution in [0.4, 0.5) is 4.39 Å². The fourth-order valence-corrected chi connectivity index (χ4v) is 2.34. The molecule has 1 aromatic carbocycles. The van der Waals surface area contributed by atoms with Crippen molar-refractivity contribution in [3.8, 4) is 0 Å². The lowest BCUT2D eigenvalue weighted by molar-refractivity contribution is 0.0637.